The molecule has 0 radical (unpaired) electrons. The third kappa shape index (κ3) is 2.33. The second kappa shape index (κ2) is 5.33. The van der Waals surface area contributed by atoms with Crippen molar-refractivity contribution in [2.75, 3.05) is 7.11 Å². The zero-order chi connectivity index (χ0) is 13.0. The molecule has 0 heterocycles. The van der Waals surface area contributed by atoms with E-state index in [2.05, 4.69) is 4.89 Å². The molecule has 2 aromatic rings. The van der Waals surface area contributed by atoms with E-state index in [-0.39, 0.29) is 5.56 Å². The van der Waals surface area contributed by atoms with Crippen molar-refractivity contribution in [2.45, 2.75) is 0 Å². The monoisotopic (exact) mass is 244 g/mol. The molecule has 1 N–H and O–H groups in total. The molecule has 0 atom stereocenters. The number of carboxylic acid groups (broad SMARTS) is 1. The summed E-state index contributed by atoms with van der Waals surface area (Å²) in [7, 11) is 1.40. The second-order valence-electron chi connectivity index (χ2n) is 3.60. The van der Waals surface area contributed by atoms with Crippen LogP contribution in [0.2, 0.25) is 0 Å². The Morgan fingerprint density at radius 1 is 1.00 bits per heavy atom. The molecule has 4 heteroatoms. The molecule has 0 fully saturated rings. The molecule has 0 bridgehead atoms. The Kier molecular flexibility index (Phi) is 3.60. The number of hydrogen-bond donors (Lipinski definition) is 1. The van der Waals surface area contributed by atoms with Crippen LogP contribution < -0.4 is 4.89 Å². The fourth-order valence-corrected chi connectivity index (χ4v) is 1.76. The zero-order valence-electron chi connectivity index (χ0n) is 9.79. The first kappa shape index (κ1) is 12.1. The molecule has 18 heavy (non-hydrogen) atoms. The molecule has 2 aromatic carbocycles. The van der Waals surface area contributed by atoms with Gasteiger partial charge in [0, 0.05) is 11.1 Å². The van der Waals surface area contributed by atoms with Gasteiger partial charge in [-0.2, -0.15) is 4.89 Å². The third-order valence-electron chi connectivity index (χ3n) is 2.51. The van der Waals surface area contributed by atoms with Gasteiger partial charge in [-0.25, -0.2) is 4.79 Å². The largest absolute Gasteiger partial charge is 0.478 e. The van der Waals surface area contributed by atoms with E-state index in [4.69, 9.17) is 4.89 Å². The molecule has 0 unspecified atom stereocenters. The van der Waals surface area contributed by atoms with Crippen molar-refractivity contribution in [1.29, 1.82) is 0 Å². The van der Waals surface area contributed by atoms with Crippen molar-refractivity contribution in [1.82, 2.24) is 0 Å². The highest BCUT2D eigenvalue weighted by Gasteiger charge is 2.14. The maximum atomic E-state index is 11.2. The number of benzene rings is 2. The van der Waals surface area contributed by atoms with Gasteiger partial charge in [-0.3, -0.25) is 0 Å². The molecule has 92 valence electrons. The minimum absolute atomic E-state index is 0.227. The smallest absolute Gasteiger partial charge is 0.336 e. The minimum atomic E-state index is -0.974. The Labute approximate surface area is 104 Å². The maximum Gasteiger partial charge on any atom is 0.336 e. The van der Waals surface area contributed by atoms with E-state index in [1.807, 2.05) is 6.07 Å². The summed E-state index contributed by atoms with van der Waals surface area (Å²) >= 11 is 0. The van der Waals surface area contributed by atoms with Crippen LogP contribution in [0.5, 0.6) is 5.75 Å². The molecule has 0 saturated heterocycles. The topological polar surface area (TPSA) is 55.8 Å². The Bertz CT molecular complexity index is 563. The van der Waals surface area contributed by atoms with Crippen molar-refractivity contribution < 1.29 is 19.7 Å². The first-order valence-corrected chi connectivity index (χ1v) is 5.36. The van der Waals surface area contributed by atoms with Gasteiger partial charge >= 0.3 is 5.97 Å². The summed E-state index contributed by atoms with van der Waals surface area (Å²) in [5, 5.41) is 9.18. The van der Waals surface area contributed by atoms with Gasteiger partial charge in [0.15, 0.2) is 5.75 Å². The summed E-state index contributed by atoms with van der Waals surface area (Å²) in [6, 6.07) is 13.9. The van der Waals surface area contributed by atoms with Crippen molar-refractivity contribution in [2.24, 2.45) is 0 Å². The van der Waals surface area contributed by atoms with Crippen LogP contribution in [0, 0.1) is 0 Å². The number of carboxylic acids is 1. The van der Waals surface area contributed by atoms with Crippen molar-refractivity contribution >= 4 is 5.97 Å². The molecule has 0 aliphatic heterocycles. The molecule has 0 aliphatic rings. The van der Waals surface area contributed by atoms with Gasteiger partial charge < -0.3 is 9.99 Å². The lowest BCUT2D eigenvalue weighted by molar-refractivity contribution is -0.177. The highest BCUT2D eigenvalue weighted by atomic mass is 17.2. The molecule has 0 saturated carbocycles. The molecule has 0 amide bonds. The fraction of sp³-hybridized carbons (Fsp3) is 0.0714. The quantitative estimate of drug-likeness (QED) is 0.663. The SMILES string of the molecule is COOc1ccccc1-c1ccccc1C(=O)O. The normalized spacial score (nSPS) is 10.1. The maximum absolute atomic E-state index is 11.2. The predicted molar refractivity (Wildman–Crippen MR) is 66.5 cm³/mol. The van der Waals surface area contributed by atoms with Crippen LogP contribution in [0.4, 0.5) is 0 Å². The van der Waals surface area contributed by atoms with E-state index < -0.39 is 5.97 Å². The van der Waals surface area contributed by atoms with E-state index in [9.17, 15) is 9.90 Å². The van der Waals surface area contributed by atoms with E-state index in [0.29, 0.717) is 16.9 Å². The Morgan fingerprint density at radius 3 is 2.28 bits per heavy atom. The van der Waals surface area contributed by atoms with Gasteiger partial charge in [0.25, 0.3) is 0 Å². The summed E-state index contributed by atoms with van der Waals surface area (Å²) in [4.78, 5) is 20.9. The number of hydrogen-bond acceptors (Lipinski definition) is 3. The van der Waals surface area contributed by atoms with Gasteiger partial charge in [-0.05, 0) is 12.1 Å². The van der Waals surface area contributed by atoms with E-state index >= 15 is 0 Å². The second-order valence-corrected chi connectivity index (χ2v) is 3.60. The summed E-state index contributed by atoms with van der Waals surface area (Å²) in [5.41, 5.74) is 1.50. The van der Waals surface area contributed by atoms with Crippen LogP contribution in [-0.2, 0) is 4.89 Å². The average Bonchev–Trinajstić information content (AvgIpc) is 2.40. The summed E-state index contributed by atoms with van der Waals surface area (Å²) < 4.78 is 0. The molecule has 0 aromatic heterocycles. The van der Waals surface area contributed by atoms with Gasteiger partial charge in [-0.1, -0.05) is 36.4 Å². The third-order valence-corrected chi connectivity index (χ3v) is 2.51. The van der Waals surface area contributed by atoms with Gasteiger partial charge in [0.2, 0.25) is 0 Å². The van der Waals surface area contributed by atoms with Crippen LogP contribution >= 0.6 is 0 Å². The Morgan fingerprint density at radius 2 is 1.61 bits per heavy atom. The first-order valence-electron chi connectivity index (χ1n) is 5.36. The van der Waals surface area contributed by atoms with E-state index in [1.165, 1.54) is 7.11 Å². The number of carbonyl (C=O) groups is 1. The molecule has 2 rings (SSSR count). The first-order chi connectivity index (χ1) is 8.74. The number of aromatic carboxylic acids is 1. The molecular weight excluding hydrogens is 232 g/mol. The minimum Gasteiger partial charge on any atom is -0.478 e. The lowest BCUT2D eigenvalue weighted by atomic mass is 9.99. The molecular formula is C14H12O4. The van der Waals surface area contributed by atoms with E-state index in [1.54, 1.807) is 42.5 Å². The lowest BCUT2D eigenvalue weighted by Gasteiger charge is -2.10. The average molecular weight is 244 g/mol. The summed E-state index contributed by atoms with van der Waals surface area (Å²) in [5.74, 6) is -0.494. The van der Waals surface area contributed by atoms with Crippen LogP contribution in [-0.4, -0.2) is 18.2 Å². The van der Waals surface area contributed by atoms with Gasteiger partial charge in [-0.15, -0.1) is 0 Å². The zero-order valence-corrected chi connectivity index (χ0v) is 9.79. The molecule has 0 aliphatic carbocycles. The van der Waals surface area contributed by atoms with Crippen molar-refractivity contribution in [3.05, 3.63) is 54.1 Å². The summed E-state index contributed by atoms with van der Waals surface area (Å²) in [6.07, 6.45) is 0. The van der Waals surface area contributed by atoms with Crippen LogP contribution in [0.1, 0.15) is 10.4 Å². The van der Waals surface area contributed by atoms with Crippen LogP contribution in [0.25, 0.3) is 11.1 Å². The predicted octanol–water partition coefficient (Wildman–Crippen LogP) is 2.99. The lowest BCUT2D eigenvalue weighted by Crippen LogP contribution is -2.00. The van der Waals surface area contributed by atoms with Crippen LogP contribution in [0.15, 0.2) is 48.5 Å². The highest BCUT2D eigenvalue weighted by Crippen LogP contribution is 2.32. The molecule has 4 nitrogen and oxygen atoms in total. The highest BCUT2D eigenvalue weighted by molar-refractivity contribution is 5.96. The Hall–Kier alpha value is -2.33. The molecule has 0 spiro atoms. The van der Waals surface area contributed by atoms with E-state index in [0.717, 1.165) is 0 Å². The number of para-hydroxylation sites is 1. The van der Waals surface area contributed by atoms with Gasteiger partial charge in [0.1, 0.15) is 0 Å². The van der Waals surface area contributed by atoms with Crippen LogP contribution in [0.3, 0.4) is 0 Å². The Balaban J connectivity index is 2.58. The summed E-state index contributed by atoms with van der Waals surface area (Å²) in [6.45, 7) is 0. The van der Waals surface area contributed by atoms with Crippen molar-refractivity contribution in [3.8, 4) is 16.9 Å². The number of rotatable bonds is 4. The standard InChI is InChI=1S/C14H12O4/c1-17-18-13-9-5-4-7-11(13)10-6-2-3-8-12(10)14(15)16/h2-9H,1H3,(H,15,16). The van der Waals surface area contributed by atoms with Crippen molar-refractivity contribution in [3.63, 3.8) is 0 Å². The van der Waals surface area contributed by atoms with Gasteiger partial charge in [0.05, 0.1) is 12.7 Å². The fourth-order valence-electron chi connectivity index (χ4n) is 1.76.